The normalized spacial score (nSPS) is 31.1. The minimum Gasteiger partial charge on any atom is -0.312 e. The maximum Gasteiger partial charge on any atom is 0.151 e. The number of hydrogen-bond acceptors (Lipinski definition) is 4. The smallest absolute Gasteiger partial charge is 0.151 e. The average Bonchev–Trinajstić information content (AvgIpc) is 3.18. The van der Waals surface area contributed by atoms with Crippen molar-refractivity contribution >= 4 is 9.84 Å². The van der Waals surface area contributed by atoms with Gasteiger partial charge >= 0.3 is 0 Å². The topological polar surface area (TPSA) is 49.4 Å². The summed E-state index contributed by atoms with van der Waals surface area (Å²) in [5, 5.41) is 3.42. The van der Waals surface area contributed by atoms with Gasteiger partial charge in [0.2, 0.25) is 0 Å². The summed E-state index contributed by atoms with van der Waals surface area (Å²) in [4.78, 5) is 2.62. The van der Waals surface area contributed by atoms with E-state index in [1.54, 1.807) is 0 Å². The third-order valence-corrected chi connectivity index (χ3v) is 6.09. The van der Waals surface area contributed by atoms with Crippen LogP contribution in [0.15, 0.2) is 0 Å². The van der Waals surface area contributed by atoms with E-state index in [0.29, 0.717) is 11.5 Å². The lowest BCUT2D eigenvalue weighted by Gasteiger charge is -2.23. The molecular weight excluding hydrogens is 248 g/mol. The molecule has 3 fully saturated rings. The van der Waals surface area contributed by atoms with Crippen molar-refractivity contribution in [3.05, 3.63) is 0 Å². The van der Waals surface area contributed by atoms with E-state index in [4.69, 9.17) is 0 Å². The highest BCUT2D eigenvalue weighted by molar-refractivity contribution is 7.91. The monoisotopic (exact) mass is 272 g/mol. The number of nitrogens with one attached hydrogen (secondary N) is 1. The lowest BCUT2D eigenvalue weighted by molar-refractivity contribution is 0.249. The zero-order valence-corrected chi connectivity index (χ0v) is 11.8. The van der Waals surface area contributed by atoms with E-state index >= 15 is 0 Å². The fourth-order valence-corrected chi connectivity index (χ4v) is 4.57. The molecule has 1 atom stereocenters. The van der Waals surface area contributed by atoms with Gasteiger partial charge in [-0.05, 0) is 38.0 Å². The van der Waals surface area contributed by atoms with E-state index in [0.717, 1.165) is 31.5 Å². The molecule has 104 valence electrons. The molecule has 4 nitrogen and oxygen atoms in total. The summed E-state index contributed by atoms with van der Waals surface area (Å²) >= 11 is 0. The Hall–Kier alpha value is -0.130. The fourth-order valence-electron chi connectivity index (χ4n) is 2.86. The van der Waals surface area contributed by atoms with Crippen LogP contribution in [-0.4, -0.2) is 56.5 Å². The minimum absolute atomic E-state index is 0.206. The van der Waals surface area contributed by atoms with Gasteiger partial charge in [-0.25, -0.2) is 8.42 Å². The van der Waals surface area contributed by atoms with Gasteiger partial charge in [-0.15, -0.1) is 0 Å². The molecule has 1 unspecified atom stereocenters. The highest BCUT2D eigenvalue weighted by Gasteiger charge is 2.33. The summed E-state index contributed by atoms with van der Waals surface area (Å²) in [5.41, 5.74) is 0. The van der Waals surface area contributed by atoms with Gasteiger partial charge in [0, 0.05) is 31.7 Å². The van der Waals surface area contributed by atoms with Crippen LogP contribution in [0, 0.1) is 5.92 Å². The standard InChI is InChI=1S/C13H24N2O2S/c16-18(17)8-5-12(10-18)14-6-7-15(13-3-4-13)9-11-1-2-11/h11-14H,1-10H2. The fraction of sp³-hybridized carbons (Fsp3) is 1.00. The lowest BCUT2D eigenvalue weighted by Crippen LogP contribution is -2.39. The Morgan fingerprint density at radius 3 is 2.44 bits per heavy atom. The number of nitrogens with zero attached hydrogens (tertiary/aromatic N) is 1. The Kier molecular flexibility index (Phi) is 3.65. The summed E-state index contributed by atoms with van der Waals surface area (Å²) in [6.45, 7) is 3.32. The van der Waals surface area contributed by atoms with Crippen molar-refractivity contribution in [2.24, 2.45) is 5.92 Å². The average molecular weight is 272 g/mol. The van der Waals surface area contributed by atoms with E-state index in [1.165, 1.54) is 32.2 Å². The van der Waals surface area contributed by atoms with Gasteiger partial charge in [0.15, 0.2) is 9.84 Å². The molecule has 1 aliphatic heterocycles. The van der Waals surface area contributed by atoms with Gasteiger partial charge in [0.05, 0.1) is 11.5 Å². The third-order valence-electron chi connectivity index (χ3n) is 4.32. The van der Waals surface area contributed by atoms with Crippen molar-refractivity contribution in [1.82, 2.24) is 10.2 Å². The van der Waals surface area contributed by atoms with Crippen LogP contribution in [0.25, 0.3) is 0 Å². The molecule has 0 bridgehead atoms. The molecule has 0 amide bonds. The number of rotatable bonds is 7. The Balaban J connectivity index is 1.37. The molecule has 3 aliphatic rings. The van der Waals surface area contributed by atoms with E-state index in [1.807, 2.05) is 0 Å². The highest BCUT2D eigenvalue weighted by Crippen LogP contribution is 2.34. The minimum atomic E-state index is -2.74. The molecule has 2 saturated carbocycles. The molecule has 0 aromatic heterocycles. The molecule has 0 radical (unpaired) electrons. The first-order valence-electron chi connectivity index (χ1n) is 7.30. The number of hydrogen-bond donors (Lipinski definition) is 1. The zero-order valence-electron chi connectivity index (χ0n) is 11.0. The van der Waals surface area contributed by atoms with E-state index in [9.17, 15) is 8.42 Å². The molecule has 2 aliphatic carbocycles. The Bertz CT molecular complexity index is 388. The zero-order chi connectivity index (χ0) is 12.6. The molecule has 0 aromatic rings. The quantitative estimate of drug-likeness (QED) is 0.739. The summed E-state index contributed by atoms with van der Waals surface area (Å²) in [6.07, 6.45) is 6.36. The van der Waals surface area contributed by atoms with Crippen molar-refractivity contribution < 1.29 is 8.42 Å². The Morgan fingerprint density at radius 2 is 1.89 bits per heavy atom. The summed E-state index contributed by atoms with van der Waals surface area (Å²) in [7, 11) is -2.74. The lowest BCUT2D eigenvalue weighted by atomic mass is 10.2. The molecule has 5 heteroatoms. The van der Waals surface area contributed by atoms with Crippen LogP contribution in [0.3, 0.4) is 0 Å². The van der Waals surface area contributed by atoms with Crippen LogP contribution >= 0.6 is 0 Å². The van der Waals surface area contributed by atoms with E-state index < -0.39 is 9.84 Å². The van der Waals surface area contributed by atoms with Crippen molar-refractivity contribution in [2.45, 2.75) is 44.2 Å². The van der Waals surface area contributed by atoms with Crippen molar-refractivity contribution in [2.75, 3.05) is 31.1 Å². The van der Waals surface area contributed by atoms with Crippen LogP contribution < -0.4 is 5.32 Å². The summed E-state index contributed by atoms with van der Waals surface area (Å²) < 4.78 is 22.7. The molecule has 3 rings (SSSR count). The van der Waals surface area contributed by atoms with Gasteiger partial charge in [0.25, 0.3) is 0 Å². The SMILES string of the molecule is O=S1(=O)CCC(NCCN(CC2CC2)C2CC2)C1. The maximum atomic E-state index is 11.4. The van der Waals surface area contributed by atoms with Gasteiger partial charge in [-0.2, -0.15) is 0 Å². The molecule has 0 spiro atoms. The van der Waals surface area contributed by atoms with Crippen LogP contribution in [0.1, 0.15) is 32.1 Å². The second-order valence-corrected chi connectivity index (χ2v) is 8.45. The van der Waals surface area contributed by atoms with Crippen molar-refractivity contribution in [3.8, 4) is 0 Å². The maximum absolute atomic E-state index is 11.4. The predicted octanol–water partition coefficient (Wildman–Crippen LogP) is 0.638. The van der Waals surface area contributed by atoms with E-state index in [-0.39, 0.29) is 6.04 Å². The Labute approximate surface area is 110 Å². The van der Waals surface area contributed by atoms with Gasteiger partial charge in [0.1, 0.15) is 0 Å². The van der Waals surface area contributed by atoms with Crippen LogP contribution in [-0.2, 0) is 9.84 Å². The first-order chi connectivity index (χ1) is 8.62. The molecule has 18 heavy (non-hydrogen) atoms. The van der Waals surface area contributed by atoms with E-state index in [2.05, 4.69) is 10.2 Å². The molecule has 1 heterocycles. The van der Waals surface area contributed by atoms with Crippen LogP contribution in [0.2, 0.25) is 0 Å². The van der Waals surface area contributed by atoms with Gasteiger partial charge in [-0.1, -0.05) is 0 Å². The predicted molar refractivity (Wildman–Crippen MR) is 72.4 cm³/mol. The summed E-state index contributed by atoms with van der Waals surface area (Å²) in [6, 6.07) is 1.04. The van der Waals surface area contributed by atoms with Gasteiger partial charge in [-0.3, -0.25) is 4.90 Å². The van der Waals surface area contributed by atoms with Crippen molar-refractivity contribution in [3.63, 3.8) is 0 Å². The second kappa shape index (κ2) is 5.10. The highest BCUT2D eigenvalue weighted by atomic mass is 32.2. The molecule has 0 aromatic carbocycles. The first-order valence-corrected chi connectivity index (χ1v) is 9.12. The van der Waals surface area contributed by atoms with Crippen LogP contribution in [0.5, 0.6) is 0 Å². The van der Waals surface area contributed by atoms with Gasteiger partial charge < -0.3 is 5.32 Å². The van der Waals surface area contributed by atoms with Crippen molar-refractivity contribution in [1.29, 1.82) is 0 Å². The summed E-state index contributed by atoms with van der Waals surface area (Å²) in [5.74, 6) is 1.68. The second-order valence-electron chi connectivity index (χ2n) is 6.22. The molecular formula is C13H24N2O2S. The Morgan fingerprint density at radius 1 is 1.11 bits per heavy atom. The van der Waals surface area contributed by atoms with Crippen LogP contribution in [0.4, 0.5) is 0 Å². The molecule has 1 N–H and O–H groups in total. The molecule has 1 saturated heterocycles. The largest absolute Gasteiger partial charge is 0.312 e. The third kappa shape index (κ3) is 3.68. The first kappa shape index (κ1) is 12.9. The number of sulfone groups is 1.